The summed E-state index contributed by atoms with van der Waals surface area (Å²) >= 11 is 0. The minimum atomic E-state index is 0.423. The van der Waals surface area contributed by atoms with Gasteiger partial charge in [0.1, 0.15) is 5.82 Å². The van der Waals surface area contributed by atoms with Crippen LogP contribution in [0.1, 0.15) is 31.3 Å². The van der Waals surface area contributed by atoms with Crippen molar-refractivity contribution in [1.29, 1.82) is 0 Å². The van der Waals surface area contributed by atoms with Crippen molar-refractivity contribution in [1.82, 2.24) is 24.3 Å². The molecule has 2 aromatic rings. The number of pyridine rings is 1. The molecule has 0 radical (unpaired) electrons. The van der Waals surface area contributed by atoms with Gasteiger partial charge in [0.2, 0.25) is 0 Å². The summed E-state index contributed by atoms with van der Waals surface area (Å²) in [6.45, 7) is 8.77. The first-order chi connectivity index (χ1) is 10.6. The van der Waals surface area contributed by atoms with Gasteiger partial charge in [0.15, 0.2) is 0 Å². The standard InChI is InChI=1S/C17H25N5/c1-14-12-22(15(2)16-5-4-6-18-11-16)10-9-21(14)13-17-19-7-8-20(17)3/h4-8,11,14-15H,9-10,12-13H2,1-3H3. The molecule has 0 N–H and O–H groups in total. The number of aromatic nitrogens is 3. The summed E-state index contributed by atoms with van der Waals surface area (Å²) in [7, 11) is 2.06. The van der Waals surface area contributed by atoms with Crippen molar-refractivity contribution >= 4 is 0 Å². The van der Waals surface area contributed by atoms with E-state index in [2.05, 4.69) is 51.3 Å². The molecule has 3 rings (SSSR count). The van der Waals surface area contributed by atoms with Crippen LogP contribution in [0.25, 0.3) is 0 Å². The Morgan fingerprint density at radius 2 is 2.18 bits per heavy atom. The van der Waals surface area contributed by atoms with E-state index in [1.165, 1.54) is 5.56 Å². The molecule has 0 bridgehead atoms. The van der Waals surface area contributed by atoms with Crippen LogP contribution < -0.4 is 0 Å². The van der Waals surface area contributed by atoms with Gasteiger partial charge in [-0.1, -0.05) is 6.07 Å². The summed E-state index contributed by atoms with van der Waals surface area (Å²) in [4.78, 5) is 13.8. The molecule has 1 aliphatic heterocycles. The van der Waals surface area contributed by atoms with Crippen molar-refractivity contribution in [3.8, 4) is 0 Å². The highest BCUT2D eigenvalue weighted by molar-refractivity contribution is 5.13. The highest BCUT2D eigenvalue weighted by Crippen LogP contribution is 2.23. The fourth-order valence-electron chi connectivity index (χ4n) is 3.17. The quantitative estimate of drug-likeness (QED) is 0.866. The average Bonchev–Trinajstić information content (AvgIpc) is 2.94. The molecule has 2 unspecified atom stereocenters. The number of hydrogen-bond acceptors (Lipinski definition) is 4. The van der Waals surface area contributed by atoms with E-state index in [0.29, 0.717) is 12.1 Å². The molecule has 3 heterocycles. The molecule has 2 aromatic heterocycles. The van der Waals surface area contributed by atoms with Crippen molar-refractivity contribution < 1.29 is 0 Å². The van der Waals surface area contributed by atoms with Crippen LogP contribution in [0.5, 0.6) is 0 Å². The maximum atomic E-state index is 4.45. The molecule has 1 saturated heterocycles. The highest BCUT2D eigenvalue weighted by Gasteiger charge is 2.27. The molecule has 22 heavy (non-hydrogen) atoms. The zero-order valence-electron chi connectivity index (χ0n) is 13.7. The van der Waals surface area contributed by atoms with E-state index in [1.54, 1.807) is 0 Å². The largest absolute Gasteiger partial charge is 0.337 e. The summed E-state index contributed by atoms with van der Waals surface area (Å²) < 4.78 is 2.11. The van der Waals surface area contributed by atoms with Gasteiger partial charge in [-0.2, -0.15) is 0 Å². The first-order valence-electron chi connectivity index (χ1n) is 7.99. The van der Waals surface area contributed by atoms with Crippen LogP contribution in [-0.2, 0) is 13.6 Å². The third-order valence-corrected chi connectivity index (χ3v) is 4.78. The van der Waals surface area contributed by atoms with Gasteiger partial charge in [-0.3, -0.25) is 14.8 Å². The highest BCUT2D eigenvalue weighted by atomic mass is 15.3. The molecular formula is C17H25N5. The van der Waals surface area contributed by atoms with Gasteiger partial charge in [-0.15, -0.1) is 0 Å². The molecular weight excluding hydrogens is 274 g/mol. The maximum Gasteiger partial charge on any atom is 0.122 e. The van der Waals surface area contributed by atoms with Gasteiger partial charge in [0, 0.05) is 63.6 Å². The zero-order chi connectivity index (χ0) is 15.5. The molecule has 0 spiro atoms. The van der Waals surface area contributed by atoms with Crippen LogP contribution in [0.4, 0.5) is 0 Å². The van der Waals surface area contributed by atoms with E-state index >= 15 is 0 Å². The Bertz CT molecular complexity index is 594. The second kappa shape index (κ2) is 6.58. The van der Waals surface area contributed by atoms with Crippen LogP contribution in [0.15, 0.2) is 36.9 Å². The molecule has 0 aliphatic carbocycles. The van der Waals surface area contributed by atoms with Gasteiger partial charge in [0.25, 0.3) is 0 Å². The van der Waals surface area contributed by atoms with Crippen molar-refractivity contribution in [2.24, 2.45) is 7.05 Å². The fraction of sp³-hybridized carbons (Fsp3) is 0.529. The molecule has 1 aliphatic rings. The Balaban J connectivity index is 1.61. The Kier molecular flexibility index (Phi) is 4.55. The molecule has 0 amide bonds. The lowest BCUT2D eigenvalue weighted by Gasteiger charge is -2.42. The van der Waals surface area contributed by atoms with Gasteiger partial charge < -0.3 is 4.57 Å². The van der Waals surface area contributed by atoms with E-state index in [-0.39, 0.29) is 0 Å². The third kappa shape index (κ3) is 3.20. The molecule has 118 valence electrons. The zero-order valence-corrected chi connectivity index (χ0v) is 13.7. The summed E-state index contributed by atoms with van der Waals surface area (Å²) in [6.07, 6.45) is 7.71. The van der Waals surface area contributed by atoms with Crippen LogP contribution in [-0.4, -0.2) is 50.0 Å². The Hall–Kier alpha value is -1.72. The summed E-state index contributed by atoms with van der Waals surface area (Å²) in [6, 6.07) is 5.14. The molecule has 2 atom stereocenters. The molecule has 0 saturated carbocycles. The van der Waals surface area contributed by atoms with Crippen LogP contribution in [0.3, 0.4) is 0 Å². The third-order valence-electron chi connectivity index (χ3n) is 4.78. The van der Waals surface area contributed by atoms with Crippen molar-refractivity contribution in [3.63, 3.8) is 0 Å². The predicted molar refractivity (Wildman–Crippen MR) is 87.3 cm³/mol. The Morgan fingerprint density at radius 3 is 2.82 bits per heavy atom. The predicted octanol–water partition coefficient (Wildman–Crippen LogP) is 2.08. The van der Waals surface area contributed by atoms with Crippen LogP contribution in [0, 0.1) is 0 Å². The van der Waals surface area contributed by atoms with Crippen LogP contribution in [0.2, 0.25) is 0 Å². The lowest BCUT2D eigenvalue weighted by Crippen LogP contribution is -2.52. The number of rotatable bonds is 4. The second-order valence-electron chi connectivity index (χ2n) is 6.23. The molecule has 0 aromatic carbocycles. The minimum absolute atomic E-state index is 0.423. The van der Waals surface area contributed by atoms with Crippen molar-refractivity contribution in [2.75, 3.05) is 19.6 Å². The lowest BCUT2D eigenvalue weighted by atomic mass is 10.1. The second-order valence-corrected chi connectivity index (χ2v) is 6.23. The van der Waals surface area contributed by atoms with Gasteiger partial charge in [0.05, 0.1) is 6.54 Å². The van der Waals surface area contributed by atoms with Crippen molar-refractivity contribution in [3.05, 3.63) is 48.3 Å². The van der Waals surface area contributed by atoms with Crippen molar-refractivity contribution in [2.45, 2.75) is 32.5 Å². The number of piperazine rings is 1. The van der Waals surface area contributed by atoms with Gasteiger partial charge in [-0.25, -0.2) is 4.98 Å². The van der Waals surface area contributed by atoms with E-state index in [0.717, 1.165) is 32.0 Å². The minimum Gasteiger partial charge on any atom is -0.337 e. The lowest BCUT2D eigenvalue weighted by molar-refractivity contribution is 0.0526. The smallest absolute Gasteiger partial charge is 0.122 e. The van der Waals surface area contributed by atoms with Gasteiger partial charge >= 0.3 is 0 Å². The van der Waals surface area contributed by atoms with E-state index in [4.69, 9.17) is 0 Å². The molecule has 5 nitrogen and oxygen atoms in total. The topological polar surface area (TPSA) is 37.2 Å². The summed E-state index contributed by atoms with van der Waals surface area (Å²) in [5.41, 5.74) is 1.30. The first-order valence-corrected chi connectivity index (χ1v) is 7.99. The molecule has 5 heteroatoms. The normalized spacial score (nSPS) is 21.9. The number of nitrogens with zero attached hydrogens (tertiary/aromatic N) is 5. The molecule has 1 fully saturated rings. The Morgan fingerprint density at radius 1 is 1.32 bits per heavy atom. The first kappa shape index (κ1) is 15.2. The summed E-state index contributed by atoms with van der Waals surface area (Å²) in [5, 5.41) is 0. The summed E-state index contributed by atoms with van der Waals surface area (Å²) in [5.74, 6) is 1.14. The Labute approximate surface area is 132 Å². The number of hydrogen-bond donors (Lipinski definition) is 0. The SMILES string of the molecule is CC1CN(C(C)c2cccnc2)CCN1Cc1nccn1C. The average molecular weight is 299 g/mol. The van der Waals surface area contributed by atoms with E-state index in [1.807, 2.05) is 30.9 Å². The van der Waals surface area contributed by atoms with E-state index < -0.39 is 0 Å². The van der Waals surface area contributed by atoms with E-state index in [9.17, 15) is 0 Å². The number of imidazole rings is 1. The van der Waals surface area contributed by atoms with Gasteiger partial charge in [-0.05, 0) is 25.5 Å². The van der Waals surface area contributed by atoms with Crippen LogP contribution >= 0.6 is 0 Å². The number of aryl methyl sites for hydroxylation is 1. The fourth-order valence-corrected chi connectivity index (χ4v) is 3.17. The maximum absolute atomic E-state index is 4.45. The monoisotopic (exact) mass is 299 g/mol.